The summed E-state index contributed by atoms with van der Waals surface area (Å²) in [5.74, 6) is -0.0321. The molecule has 0 unspecified atom stereocenters. The number of halogens is 3. The lowest BCUT2D eigenvalue weighted by Crippen LogP contribution is -2.41. The molecule has 10 heteroatoms. The Kier molecular flexibility index (Phi) is 6.31. The maximum Gasteiger partial charge on any atom is 0.433 e. The normalized spacial score (nSPS) is 14.3. The van der Waals surface area contributed by atoms with E-state index >= 15 is 0 Å². The largest absolute Gasteiger partial charge is 0.433 e. The van der Waals surface area contributed by atoms with Crippen molar-refractivity contribution in [2.24, 2.45) is 0 Å². The minimum Gasteiger partial charge on any atom is -0.378 e. The molecule has 7 nitrogen and oxygen atoms in total. The maximum absolute atomic E-state index is 13.4. The number of pyridine rings is 1. The first-order valence-electron chi connectivity index (χ1n) is 9.97. The van der Waals surface area contributed by atoms with Gasteiger partial charge in [-0.05, 0) is 29.8 Å². The van der Waals surface area contributed by atoms with Gasteiger partial charge in [0, 0.05) is 42.8 Å². The summed E-state index contributed by atoms with van der Waals surface area (Å²) in [6.07, 6.45) is -1.45. The summed E-state index contributed by atoms with van der Waals surface area (Å²) < 4.78 is 45.3. The van der Waals surface area contributed by atoms with Gasteiger partial charge in [-0.1, -0.05) is 12.1 Å². The molecule has 1 aliphatic heterocycles. The molecule has 0 aliphatic carbocycles. The molecule has 0 radical (unpaired) electrons. The standard InChI is InChI=1S/C22H20F3N5O2/c23-22(24,25)18-14-19(29-21(28-18)16-5-7-26-8-6-16)27-17-3-1-15(2-4-17)13-20(31)30-9-11-32-12-10-30/h1-8,14H,9-13H2,(H,27,28,29). The lowest BCUT2D eigenvalue weighted by Gasteiger charge is -2.26. The molecular formula is C22H20F3N5O2. The predicted octanol–water partition coefficient (Wildman–Crippen LogP) is 3.70. The molecule has 1 amide bonds. The first-order valence-corrected chi connectivity index (χ1v) is 9.97. The van der Waals surface area contributed by atoms with Gasteiger partial charge in [0.15, 0.2) is 11.5 Å². The minimum atomic E-state index is -4.62. The van der Waals surface area contributed by atoms with Crippen LogP contribution < -0.4 is 5.32 Å². The van der Waals surface area contributed by atoms with Crippen LogP contribution in [0.1, 0.15) is 11.3 Å². The van der Waals surface area contributed by atoms with Gasteiger partial charge in [-0.2, -0.15) is 13.2 Å². The summed E-state index contributed by atoms with van der Waals surface area (Å²) in [5.41, 5.74) is 0.726. The molecule has 2 aromatic heterocycles. The van der Waals surface area contributed by atoms with Gasteiger partial charge in [-0.3, -0.25) is 9.78 Å². The molecule has 0 bridgehead atoms. The van der Waals surface area contributed by atoms with Crippen LogP contribution in [0.15, 0.2) is 54.9 Å². The molecule has 1 saturated heterocycles. The summed E-state index contributed by atoms with van der Waals surface area (Å²) in [4.78, 5) is 25.9. The van der Waals surface area contributed by atoms with Crippen molar-refractivity contribution in [2.75, 3.05) is 31.6 Å². The monoisotopic (exact) mass is 443 g/mol. The van der Waals surface area contributed by atoms with Crippen LogP contribution in [-0.4, -0.2) is 52.1 Å². The zero-order chi connectivity index (χ0) is 22.6. The number of nitrogens with one attached hydrogen (secondary N) is 1. The molecule has 4 rings (SSSR count). The van der Waals surface area contributed by atoms with E-state index in [0.717, 1.165) is 11.6 Å². The van der Waals surface area contributed by atoms with Crippen molar-refractivity contribution in [1.82, 2.24) is 19.9 Å². The van der Waals surface area contributed by atoms with Crippen LogP contribution in [0.5, 0.6) is 0 Å². The average molecular weight is 443 g/mol. The SMILES string of the molecule is O=C(Cc1ccc(Nc2cc(C(F)(F)F)nc(-c3ccncc3)n2)cc1)N1CCOCC1. The van der Waals surface area contributed by atoms with Gasteiger partial charge in [0.05, 0.1) is 19.6 Å². The Labute approximate surface area is 182 Å². The molecule has 1 aliphatic rings. The number of benzene rings is 1. The Morgan fingerprint density at radius 2 is 1.72 bits per heavy atom. The van der Waals surface area contributed by atoms with Crippen molar-refractivity contribution in [3.8, 4) is 11.4 Å². The van der Waals surface area contributed by atoms with E-state index in [9.17, 15) is 18.0 Å². The number of hydrogen-bond acceptors (Lipinski definition) is 6. The van der Waals surface area contributed by atoms with E-state index in [4.69, 9.17) is 4.74 Å². The van der Waals surface area contributed by atoms with E-state index in [1.165, 1.54) is 12.4 Å². The van der Waals surface area contributed by atoms with E-state index in [1.54, 1.807) is 41.3 Å². The first kappa shape index (κ1) is 21.7. The van der Waals surface area contributed by atoms with Crippen LogP contribution in [-0.2, 0) is 22.1 Å². The van der Waals surface area contributed by atoms with E-state index in [1.807, 2.05) is 0 Å². The molecule has 0 spiro atoms. The highest BCUT2D eigenvalue weighted by atomic mass is 19.4. The fraction of sp³-hybridized carbons (Fsp3) is 0.273. The van der Waals surface area contributed by atoms with Gasteiger partial charge >= 0.3 is 6.18 Å². The van der Waals surface area contributed by atoms with Crippen LogP contribution in [0.25, 0.3) is 11.4 Å². The number of ether oxygens (including phenoxy) is 1. The zero-order valence-corrected chi connectivity index (χ0v) is 17.0. The van der Waals surface area contributed by atoms with E-state index in [2.05, 4.69) is 20.3 Å². The molecule has 166 valence electrons. The third-order valence-corrected chi connectivity index (χ3v) is 4.90. The van der Waals surface area contributed by atoms with E-state index < -0.39 is 11.9 Å². The predicted molar refractivity (Wildman–Crippen MR) is 111 cm³/mol. The average Bonchev–Trinajstić information content (AvgIpc) is 2.81. The Balaban J connectivity index is 1.51. The summed E-state index contributed by atoms with van der Waals surface area (Å²) in [6, 6.07) is 10.9. The highest BCUT2D eigenvalue weighted by molar-refractivity contribution is 5.79. The molecule has 32 heavy (non-hydrogen) atoms. The van der Waals surface area contributed by atoms with E-state index in [0.29, 0.717) is 37.6 Å². The van der Waals surface area contributed by atoms with Crippen molar-refractivity contribution in [3.05, 3.63) is 66.1 Å². The number of hydrogen-bond donors (Lipinski definition) is 1. The Hall–Kier alpha value is -3.53. The van der Waals surface area contributed by atoms with Gasteiger partial charge in [0.2, 0.25) is 5.91 Å². The maximum atomic E-state index is 13.4. The van der Waals surface area contributed by atoms with Crippen molar-refractivity contribution in [3.63, 3.8) is 0 Å². The summed E-state index contributed by atoms with van der Waals surface area (Å²) >= 11 is 0. The molecule has 1 aromatic carbocycles. The highest BCUT2D eigenvalue weighted by Crippen LogP contribution is 2.31. The first-order chi connectivity index (χ1) is 15.4. The van der Waals surface area contributed by atoms with Gasteiger partial charge in [-0.25, -0.2) is 9.97 Å². The van der Waals surface area contributed by atoms with Gasteiger partial charge in [0.1, 0.15) is 5.82 Å². The topological polar surface area (TPSA) is 80.2 Å². The summed E-state index contributed by atoms with van der Waals surface area (Å²) in [6.45, 7) is 2.23. The smallest absolute Gasteiger partial charge is 0.378 e. The number of anilines is 2. The molecule has 0 saturated carbocycles. The third-order valence-electron chi connectivity index (χ3n) is 4.90. The second-order valence-electron chi connectivity index (χ2n) is 7.19. The fourth-order valence-electron chi connectivity index (χ4n) is 3.24. The number of carbonyl (C=O) groups is 1. The molecule has 3 heterocycles. The van der Waals surface area contributed by atoms with Crippen molar-refractivity contribution < 1.29 is 22.7 Å². The minimum absolute atomic E-state index is 0.0104. The quantitative estimate of drug-likeness (QED) is 0.648. The summed E-state index contributed by atoms with van der Waals surface area (Å²) in [7, 11) is 0. The van der Waals surface area contributed by atoms with Crippen LogP contribution >= 0.6 is 0 Å². The second-order valence-corrected chi connectivity index (χ2v) is 7.19. The Morgan fingerprint density at radius 3 is 2.38 bits per heavy atom. The fourth-order valence-corrected chi connectivity index (χ4v) is 3.24. The van der Waals surface area contributed by atoms with Gasteiger partial charge in [-0.15, -0.1) is 0 Å². The zero-order valence-electron chi connectivity index (χ0n) is 17.0. The lowest BCUT2D eigenvalue weighted by molar-refractivity contribution is -0.141. The number of amides is 1. The van der Waals surface area contributed by atoms with Crippen LogP contribution in [0.3, 0.4) is 0 Å². The van der Waals surface area contributed by atoms with Crippen molar-refractivity contribution >= 4 is 17.4 Å². The summed E-state index contributed by atoms with van der Waals surface area (Å²) in [5, 5.41) is 2.89. The van der Waals surface area contributed by atoms with Gasteiger partial charge < -0.3 is 15.0 Å². The van der Waals surface area contributed by atoms with Crippen molar-refractivity contribution in [1.29, 1.82) is 0 Å². The molecule has 1 fully saturated rings. The number of nitrogens with zero attached hydrogens (tertiary/aromatic N) is 4. The number of carbonyl (C=O) groups excluding carboxylic acids is 1. The van der Waals surface area contributed by atoms with Crippen molar-refractivity contribution in [2.45, 2.75) is 12.6 Å². The number of rotatable bonds is 5. The Morgan fingerprint density at radius 1 is 1.03 bits per heavy atom. The molecule has 0 atom stereocenters. The van der Waals surface area contributed by atoms with Gasteiger partial charge in [0.25, 0.3) is 0 Å². The number of alkyl halides is 3. The third kappa shape index (κ3) is 5.38. The molecule has 3 aromatic rings. The van der Waals surface area contributed by atoms with E-state index in [-0.39, 0.29) is 24.0 Å². The number of aromatic nitrogens is 3. The second kappa shape index (κ2) is 9.31. The Bertz CT molecular complexity index is 1070. The van der Waals surface area contributed by atoms with Crippen LogP contribution in [0.2, 0.25) is 0 Å². The molecule has 1 N–H and O–H groups in total. The van der Waals surface area contributed by atoms with Crippen LogP contribution in [0, 0.1) is 0 Å². The highest BCUT2D eigenvalue weighted by Gasteiger charge is 2.34. The number of morpholine rings is 1. The molecular weight excluding hydrogens is 423 g/mol. The lowest BCUT2D eigenvalue weighted by atomic mass is 10.1. The van der Waals surface area contributed by atoms with Crippen LogP contribution in [0.4, 0.5) is 24.7 Å².